The third-order valence-corrected chi connectivity index (χ3v) is 4.13. The first kappa shape index (κ1) is 16.3. The van der Waals surface area contributed by atoms with E-state index < -0.39 is 12.1 Å². The van der Waals surface area contributed by atoms with Crippen molar-refractivity contribution in [1.29, 1.82) is 0 Å². The van der Waals surface area contributed by atoms with E-state index >= 15 is 0 Å². The van der Waals surface area contributed by atoms with Crippen LogP contribution in [0.15, 0.2) is 51.9 Å². The minimum absolute atomic E-state index is 0.0735. The van der Waals surface area contributed by atoms with Crippen LogP contribution in [0, 0.1) is 0 Å². The molecule has 1 heterocycles. The number of hydrogen-bond acceptors (Lipinski definition) is 4. The van der Waals surface area contributed by atoms with Crippen molar-refractivity contribution in [3.8, 4) is 0 Å². The summed E-state index contributed by atoms with van der Waals surface area (Å²) in [5.41, 5.74) is 0.577. The van der Waals surface area contributed by atoms with E-state index in [0.717, 1.165) is 9.35 Å². The molecule has 0 radical (unpaired) electrons. The molecule has 5 nitrogen and oxygen atoms in total. The molecule has 1 amide bonds. The molecular formula is C15H12BrNO4S. The van der Waals surface area contributed by atoms with Gasteiger partial charge in [-0.2, -0.15) is 0 Å². The Morgan fingerprint density at radius 2 is 1.95 bits per heavy atom. The number of hydrogen-bond donors (Lipinski definition) is 2. The summed E-state index contributed by atoms with van der Waals surface area (Å²) in [6.45, 7) is 0.0735. The van der Waals surface area contributed by atoms with Crippen LogP contribution in [0.4, 0.5) is 4.79 Å². The summed E-state index contributed by atoms with van der Waals surface area (Å²) in [6.07, 6.45) is 0.565. The second-order valence-corrected chi connectivity index (χ2v) is 6.69. The monoisotopic (exact) mass is 381 g/mol. The first-order valence-corrected chi connectivity index (χ1v) is 7.83. The number of carbonyl (C=O) groups is 2. The normalized spacial score (nSPS) is 11.0. The standard InChI is InChI=1S/C15H12BrNO4S/c16-13-7-6-11(22-13)8-12(14(18)19)17-15(20)21-9-10-4-2-1-3-5-10/h1-8H,9H2,(H,17,20)(H,18,19)/b12-8-. The fourth-order valence-electron chi connectivity index (χ4n) is 1.57. The van der Waals surface area contributed by atoms with E-state index in [1.54, 1.807) is 12.1 Å². The summed E-state index contributed by atoms with van der Waals surface area (Å²) in [4.78, 5) is 23.6. The van der Waals surface area contributed by atoms with Crippen LogP contribution in [0.25, 0.3) is 6.08 Å². The van der Waals surface area contributed by atoms with E-state index in [1.165, 1.54) is 17.4 Å². The predicted octanol–water partition coefficient (Wildman–Crippen LogP) is 3.86. The smallest absolute Gasteiger partial charge is 0.412 e. The second-order valence-electron chi connectivity index (χ2n) is 4.19. The number of benzene rings is 1. The van der Waals surface area contributed by atoms with Gasteiger partial charge in [0.15, 0.2) is 0 Å². The van der Waals surface area contributed by atoms with E-state index in [-0.39, 0.29) is 12.3 Å². The molecule has 0 saturated carbocycles. The molecule has 0 spiro atoms. The highest BCUT2D eigenvalue weighted by Crippen LogP contribution is 2.23. The first-order valence-electron chi connectivity index (χ1n) is 6.22. The molecule has 114 valence electrons. The van der Waals surface area contributed by atoms with Gasteiger partial charge in [0.05, 0.1) is 3.79 Å². The van der Waals surface area contributed by atoms with Gasteiger partial charge in [-0.1, -0.05) is 30.3 Å². The Kier molecular flexibility index (Phi) is 5.74. The Morgan fingerprint density at radius 3 is 2.55 bits per heavy atom. The molecule has 0 saturated heterocycles. The number of ether oxygens (including phenoxy) is 1. The quantitative estimate of drug-likeness (QED) is 0.770. The van der Waals surface area contributed by atoms with Gasteiger partial charge in [0.1, 0.15) is 12.3 Å². The highest BCUT2D eigenvalue weighted by atomic mass is 79.9. The van der Waals surface area contributed by atoms with Crippen LogP contribution in [0.5, 0.6) is 0 Å². The number of nitrogens with one attached hydrogen (secondary N) is 1. The molecule has 0 aliphatic heterocycles. The van der Waals surface area contributed by atoms with Crippen molar-refractivity contribution < 1.29 is 19.4 Å². The number of carbonyl (C=O) groups excluding carboxylic acids is 1. The lowest BCUT2D eigenvalue weighted by Crippen LogP contribution is -2.27. The molecule has 2 N–H and O–H groups in total. The van der Waals surface area contributed by atoms with Gasteiger partial charge in [-0.05, 0) is 39.7 Å². The van der Waals surface area contributed by atoms with Gasteiger partial charge in [-0.25, -0.2) is 9.59 Å². The maximum absolute atomic E-state index is 11.7. The summed E-state index contributed by atoms with van der Waals surface area (Å²) >= 11 is 4.65. The Morgan fingerprint density at radius 1 is 1.23 bits per heavy atom. The zero-order valence-electron chi connectivity index (χ0n) is 11.3. The van der Waals surface area contributed by atoms with Crippen LogP contribution >= 0.6 is 27.3 Å². The van der Waals surface area contributed by atoms with Gasteiger partial charge in [-0.3, -0.25) is 5.32 Å². The van der Waals surface area contributed by atoms with E-state index in [0.29, 0.717) is 4.88 Å². The summed E-state index contributed by atoms with van der Waals surface area (Å²) in [7, 11) is 0. The van der Waals surface area contributed by atoms with E-state index in [4.69, 9.17) is 9.84 Å². The summed E-state index contributed by atoms with van der Waals surface area (Å²) in [6, 6.07) is 12.7. The first-order chi connectivity index (χ1) is 10.5. The molecule has 0 atom stereocenters. The number of carboxylic acids is 1. The van der Waals surface area contributed by atoms with Gasteiger partial charge in [-0.15, -0.1) is 11.3 Å². The average molecular weight is 382 g/mol. The van der Waals surface area contributed by atoms with Crippen molar-refractivity contribution in [2.75, 3.05) is 0 Å². The number of halogens is 1. The maximum atomic E-state index is 11.7. The van der Waals surface area contributed by atoms with Crippen LogP contribution < -0.4 is 5.32 Å². The minimum atomic E-state index is -1.24. The Bertz CT molecular complexity index is 697. The molecule has 1 aromatic carbocycles. The van der Waals surface area contributed by atoms with Gasteiger partial charge >= 0.3 is 12.1 Å². The van der Waals surface area contributed by atoms with E-state index in [2.05, 4.69) is 21.2 Å². The number of alkyl carbamates (subject to hydrolysis) is 1. The van der Waals surface area contributed by atoms with Crippen molar-refractivity contribution in [3.05, 3.63) is 62.4 Å². The molecule has 1 aromatic heterocycles. The third kappa shape index (κ3) is 5.01. The Balaban J connectivity index is 1.97. The molecule has 22 heavy (non-hydrogen) atoms. The van der Waals surface area contributed by atoms with Crippen molar-refractivity contribution in [1.82, 2.24) is 5.32 Å². The van der Waals surface area contributed by atoms with E-state index in [9.17, 15) is 9.59 Å². The highest BCUT2D eigenvalue weighted by Gasteiger charge is 2.13. The molecule has 0 aliphatic rings. The molecule has 0 bridgehead atoms. The van der Waals surface area contributed by atoms with Gasteiger partial charge in [0.25, 0.3) is 0 Å². The van der Waals surface area contributed by atoms with Crippen molar-refractivity contribution in [2.45, 2.75) is 6.61 Å². The maximum Gasteiger partial charge on any atom is 0.412 e. The topological polar surface area (TPSA) is 75.6 Å². The van der Waals surface area contributed by atoms with Crippen LogP contribution in [0.3, 0.4) is 0 Å². The fraction of sp³-hybridized carbons (Fsp3) is 0.0667. The molecule has 2 aromatic rings. The van der Waals surface area contributed by atoms with Gasteiger partial charge < -0.3 is 9.84 Å². The number of thiophene rings is 1. The average Bonchev–Trinajstić information content (AvgIpc) is 2.91. The number of aliphatic carboxylic acids is 1. The molecule has 2 rings (SSSR count). The summed E-state index contributed by atoms with van der Waals surface area (Å²) < 4.78 is 5.86. The third-order valence-electron chi connectivity index (χ3n) is 2.56. The van der Waals surface area contributed by atoms with Crippen LogP contribution in [0.1, 0.15) is 10.4 Å². The lowest BCUT2D eigenvalue weighted by atomic mass is 10.2. The molecular weight excluding hydrogens is 370 g/mol. The lowest BCUT2D eigenvalue weighted by molar-refractivity contribution is -0.132. The van der Waals surface area contributed by atoms with Crippen molar-refractivity contribution in [3.63, 3.8) is 0 Å². The zero-order chi connectivity index (χ0) is 15.9. The lowest BCUT2D eigenvalue weighted by Gasteiger charge is -2.07. The van der Waals surface area contributed by atoms with Crippen molar-refractivity contribution >= 4 is 45.4 Å². The zero-order valence-corrected chi connectivity index (χ0v) is 13.7. The molecule has 0 aliphatic carbocycles. The van der Waals surface area contributed by atoms with Gasteiger partial charge in [0.2, 0.25) is 0 Å². The highest BCUT2D eigenvalue weighted by molar-refractivity contribution is 9.11. The second kappa shape index (κ2) is 7.77. The summed E-state index contributed by atoms with van der Waals surface area (Å²) in [5.74, 6) is -1.24. The summed E-state index contributed by atoms with van der Waals surface area (Å²) in [5, 5.41) is 11.4. The van der Waals surface area contributed by atoms with Crippen LogP contribution in [-0.4, -0.2) is 17.2 Å². The van der Waals surface area contributed by atoms with Crippen molar-refractivity contribution in [2.24, 2.45) is 0 Å². The molecule has 7 heteroatoms. The minimum Gasteiger partial charge on any atom is -0.477 e. The largest absolute Gasteiger partial charge is 0.477 e. The number of carboxylic acid groups (broad SMARTS) is 1. The Labute approximate surface area is 139 Å². The van der Waals surface area contributed by atoms with Crippen LogP contribution in [0.2, 0.25) is 0 Å². The van der Waals surface area contributed by atoms with Gasteiger partial charge in [0, 0.05) is 4.88 Å². The fourth-order valence-corrected chi connectivity index (χ4v) is 2.94. The molecule has 0 fully saturated rings. The molecule has 0 unspecified atom stereocenters. The van der Waals surface area contributed by atoms with E-state index in [1.807, 2.05) is 30.3 Å². The van der Waals surface area contributed by atoms with Crippen LogP contribution in [-0.2, 0) is 16.1 Å². The number of amides is 1. The predicted molar refractivity (Wildman–Crippen MR) is 87.4 cm³/mol. The SMILES string of the molecule is O=C(N/C(=C\c1ccc(Br)s1)C(=O)O)OCc1ccccc1. The Hall–Kier alpha value is -2.12. The number of rotatable bonds is 5.